The monoisotopic (exact) mass is 383 g/mol. The van der Waals surface area contributed by atoms with Crippen molar-refractivity contribution in [2.75, 3.05) is 31.6 Å². The van der Waals surface area contributed by atoms with Crippen molar-refractivity contribution in [2.45, 2.75) is 25.7 Å². The van der Waals surface area contributed by atoms with Crippen LogP contribution >= 0.6 is 0 Å². The number of aromatic amines is 1. The fourth-order valence-electron chi connectivity index (χ4n) is 3.35. The zero-order valence-corrected chi connectivity index (χ0v) is 16.1. The predicted octanol–water partition coefficient (Wildman–Crippen LogP) is 1.53. The van der Waals surface area contributed by atoms with E-state index in [4.69, 9.17) is 0 Å². The van der Waals surface area contributed by atoms with Crippen LogP contribution in [-0.2, 0) is 9.59 Å². The van der Waals surface area contributed by atoms with Crippen LogP contribution in [0.3, 0.4) is 0 Å². The third-order valence-electron chi connectivity index (χ3n) is 5.04. The van der Waals surface area contributed by atoms with Gasteiger partial charge in [0, 0.05) is 44.4 Å². The topological polar surface area (TPSA) is 98.4 Å². The molecule has 0 saturated carbocycles. The molecule has 8 nitrogen and oxygen atoms in total. The summed E-state index contributed by atoms with van der Waals surface area (Å²) in [5.41, 5.74) is 2.10. The minimum absolute atomic E-state index is 0.0362. The zero-order chi connectivity index (χ0) is 20.1. The van der Waals surface area contributed by atoms with Gasteiger partial charge < -0.3 is 15.1 Å². The molecule has 0 spiro atoms. The van der Waals surface area contributed by atoms with Crippen molar-refractivity contribution in [3.05, 3.63) is 47.8 Å². The lowest BCUT2D eigenvalue weighted by Crippen LogP contribution is -2.43. The van der Waals surface area contributed by atoms with Crippen molar-refractivity contribution < 1.29 is 14.4 Å². The second-order valence-electron chi connectivity index (χ2n) is 6.97. The Balaban J connectivity index is 1.57. The number of benzene rings is 1. The Morgan fingerprint density at radius 2 is 1.89 bits per heavy atom. The van der Waals surface area contributed by atoms with E-state index in [1.165, 1.54) is 6.92 Å². The molecular weight excluding hydrogens is 358 g/mol. The molecule has 1 aliphatic heterocycles. The molecular formula is C20H25N5O3. The smallest absolute Gasteiger partial charge is 0.278 e. The van der Waals surface area contributed by atoms with Crippen LogP contribution in [0.25, 0.3) is 0 Å². The summed E-state index contributed by atoms with van der Waals surface area (Å²) in [4.78, 5) is 39.0. The molecule has 2 heterocycles. The number of piperidine rings is 1. The second-order valence-corrected chi connectivity index (χ2v) is 6.97. The van der Waals surface area contributed by atoms with E-state index in [1.807, 2.05) is 30.3 Å². The molecule has 2 aromatic rings. The molecule has 0 bridgehead atoms. The van der Waals surface area contributed by atoms with E-state index < -0.39 is 0 Å². The SMILES string of the molecule is CC(=O)NCC(=O)N1CCC(c2cc(C(=O)N(C)c3ccccc3)n[nH]2)CC1. The van der Waals surface area contributed by atoms with Gasteiger partial charge in [0.05, 0.1) is 6.54 Å². The van der Waals surface area contributed by atoms with Gasteiger partial charge in [0.1, 0.15) is 0 Å². The van der Waals surface area contributed by atoms with Gasteiger partial charge in [-0.3, -0.25) is 19.5 Å². The number of anilines is 1. The number of likely N-dealkylation sites (tertiary alicyclic amines) is 1. The number of hydrogen-bond donors (Lipinski definition) is 2. The van der Waals surface area contributed by atoms with Crippen molar-refractivity contribution in [3.63, 3.8) is 0 Å². The zero-order valence-electron chi connectivity index (χ0n) is 16.1. The number of H-pyrrole nitrogens is 1. The molecule has 3 amide bonds. The molecule has 1 fully saturated rings. The number of amides is 3. The van der Waals surface area contributed by atoms with Crippen LogP contribution in [0, 0.1) is 0 Å². The van der Waals surface area contributed by atoms with Gasteiger partial charge in [-0.05, 0) is 31.0 Å². The van der Waals surface area contributed by atoms with Gasteiger partial charge in [-0.2, -0.15) is 5.10 Å². The minimum Gasteiger partial charge on any atom is -0.347 e. The van der Waals surface area contributed by atoms with E-state index in [0.29, 0.717) is 18.8 Å². The lowest BCUT2D eigenvalue weighted by molar-refractivity contribution is -0.133. The van der Waals surface area contributed by atoms with Crippen molar-refractivity contribution >= 4 is 23.4 Å². The fraction of sp³-hybridized carbons (Fsp3) is 0.400. The Kier molecular flexibility index (Phi) is 6.08. The highest BCUT2D eigenvalue weighted by Gasteiger charge is 2.26. The first-order chi connectivity index (χ1) is 13.5. The largest absolute Gasteiger partial charge is 0.347 e. The number of nitrogens with zero attached hydrogens (tertiary/aromatic N) is 3. The van der Waals surface area contributed by atoms with Gasteiger partial charge in [0.25, 0.3) is 5.91 Å². The molecule has 1 saturated heterocycles. The average molecular weight is 383 g/mol. The van der Waals surface area contributed by atoms with Crippen LogP contribution in [-0.4, -0.2) is 59.5 Å². The number of carbonyl (C=O) groups is 3. The molecule has 0 aliphatic carbocycles. The first-order valence-corrected chi connectivity index (χ1v) is 9.36. The van der Waals surface area contributed by atoms with Crippen LogP contribution in [0.15, 0.2) is 36.4 Å². The van der Waals surface area contributed by atoms with Crippen molar-refractivity contribution in [2.24, 2.45) is 0 Å². The summed E-state index contributed by atoms with van der Waals surface area (Å²) >= 11 is 0. The molecule has 28 heavy (non-hydrogen) atoms. The molecule has 0 atom stereocenters. The van der Waals surface area contributed by atoms with E-state index in [9.17, 15) is 14.4 Å². The maximum atomic E-state index is 12.7. The van der Waals surface area contributed by atoms with Gasteiger partial charge in [-0.1, -0.05) is 18.2 Å². The number of nitrogens with one attached hydrogen (secondary N) is 2. The van der Waals surface area contributed by atoms with E-state index >= 15 is 0 Å². The second kappa shape index (κ2) is 8.69. The number of hydrogen-bond acceptors (Lipinski definition) is 4. The molecule has 1 aromatic heterocycles. The highest BCUT2D eigenvalue weighted by atomic mass is 16.2. The maximum Gasteiger partial charge on any atom is 0.278 e. The van der Waals surface area contributed by atoms with E-state index in [2.05, 4.69) is 15.5 Å². The maximum absolute atomic E-state index is 12.7. The minimum atomic E-state index is -0.210. The predicted molar refractivity (Wildman–Crippen MR) is 105 cm³/mol. The summed E-state index contributed by atoms with van der Waals surface area (Å²) in [6, 6.07) is 11.2. The van der Waals surface area contributed by atoms with Gasteiger partial charge in [0.15, 0.2) is 5.69 Å². The van der Waals surface area contributed by atoms with Crippen molar-refractivity contribution in [3.8, 4) is 0 Å². The fourth-order valence-corrected chi connectivity index (χ4v) is 3.35. The molecule has 148 valence electrons. The van der Waals surface area contributed by atoms with Crippen LogP contribution in [0.4, 0.5) is 5.69 Å². The quantitative estimate of drug-likeness (QED) is 0.818. The molecule has 8 heteroatoms. The van der Waals surface area contributed by atoms with Crippen LogP contribution < -0.4 is 10.2 Å². The third kappa shape index (κ3) is 4.57. The number of carbonyl (C=O) groups excluding carboxylic acids is 3. The average Bonchev–Trinajstić information content (AvgIpc) is 3.22. The molecule has 1 aromatic carbocycles. The van der Waals surface area contributed by atoms with Gasteiger partial charge >= 0.3 is 0 Å². The Morgan fingerprint density at radius 1 is 1.21 bits per heavy atom. The Bertz CT molecular complexity index is 841. The summed E-state index contributed by atoms with van der Waals surface area (Å²) in [6.07, 6.45) is 1.58. The molecule has 2 N–H and O–H groups in total. The number of rotatable bonds is 5. The Hall–Kier alpha value is -3.16. The summed E-state index contributed by atoms with van der Waals surface area (Å²) in [5, 5.41) is 9.72. The lowest BCUT2D eigenvalue weighted by atomic mass is 9.93. The molecule has 0 unspecified atom stereocenters. The molecule has 3 rings (SSSR count). The highest BCUT2D eigenvalue weighted by Crippen LogP contribution is 2.27. The third-order valence-corrected chi connectivity index (χ3v) is 5.04. The highest BCUT2D eigenvalue weighted by molar-refractivity contribution is 6.04. The van der Waals surface area contributed by atoms with Crippen LogP contribution in [0.1, 0.15) is 41.9 Å². The van der Waals surface area contributed by atoms with E-state index in [-0.39, 0.29) is 30.2 Å². The first kappa shape index (κ1) is 19.6. The Labute approximate surface area is 163 Å². The van der Waals surface area contributed by atoms with Gasteiger partial charge in [-0.15, -0.1) is 0 Å². The standard InChI is InChI=1S/C20H25N5O3/c1-14(26)21-13-19(27)25-10-8-15(9-11-25)17-12-18(23-22-17)20(28)24(2)16-6-4-3-5-7-16/h3-7,12,15H,8-11,13H2,1-2H3,(H,21,26)(H,22,23). The van der Waals surface area contributed by atoms with E-state index in [1.54, 1.807) is 22.9 Å². The lowest BCUT2D eigenvalue weighted by Gasteiger charge is -2.31. The summed E-state index contributed by atoms with van der Waals surface area (Å²) in [6.45, 7) is 2.67. The van der Waals surface area contributed by atoms with Crippen LogP contribution in [0.2, 0.25) is 0 Å². The Morgan fingerprint density at radius 3 is 2.54 bits per heavy atom. The summed E-state index contributed by atoms with van der Waals surface area (Å²) < 4.78 is 0. The summed E-state index contributed by atoms with van der Waals surface area (Å²) in [7, 11) is 1.73. The van der Waals surface area contributed by atoms with Gasteiger partial charge in [-0.25, -0.2) is 0 Å². The molecule has 0 radical (unpaired) electrons. The first-order valence-electron chi connectivity index (χ1n) is 9.36. The van der Waals surface area contributed by atoms with Gasteiger partial charge in [0.2, 0.25) is 11.8 Å². The van der Waals surface area contributed by atoms with Crippen molar-refractivity contribution in [1.82, 2.24) is 20.4 Å². The van der Waals surface area contributed by atoms with Crippen molar-refractivity contribution in [1.29, 1.82) is 0 Å². The summed E-state index contributed by atoms with van der Waals surface area (Å²) in [5.74, 6) is -0.227. The normalized spacial score (nSPS) is 14.6. The molecule has 1 aliphatic rings. The number of aromatic nitrogens is 2. The number of para-hydroxylation sites is 1. The van der Waals surface area contributed by atoms with Crippen LogP contribution in [0.5, 0.6) is 0 Å². The van der Waals surface area contributed by atoms with E-state index in [0.717, 1.165) is 24.2 Å².